The van der Waals surface area contributed by atoms with Crippen LogP contribution in [0, 0.1) is 4.91 Å². The molecule has 0 aliphatic rings. The van der Waals surface area contributed by atoms with Crippen LogP contribution in [0.25, 0.3) is 9.40 Å². The number of nitrogens with zero attached hydrogens (tertiary/aromatic N) is 1. The highest BCUT2D eigenvalue weighted by Gasteiger charge is 2.12. The number of fused-ring (bicyclic) bond motifs is 1. The van der Waals surface area contributed by atoms with Crippen LogP contribution in [0.5, 0.6) is 0 Å². The second-order valence-electron chi connectivity index (χ2n) is 2.37. The minimum atomic E-state index is -0.407. The Morgan fingerprint density at radius 2 is 2.00 bits per heavy atom. The molecule has 2 heterocycles. The molecule has 2 aromatic heterocycles. The third-order valence-corrected chi connectivity index (χ3v) is 5.34. The van der Waals surface area contributed by atoms with E-state index in [4.69, 9.17) is 0 Å². The monoisotopic (exact) mass is 339 g/mol. The first-order valence-electron chi connectivity index (χ1n) is 3.36. The zero-order chi connectivity index (χ0) is 9.42. The zero-order valence-electron chi connectivity index (χ0n) is 6.16. The van der Waals surface area contributed by atoms with E-state index in [9.17, 15) is 4.91 Å². The molecule has 2 nitrogen and oxygen atoms in total. The molecule has 6 heteroatoms. The van der Waals surface area contributed by atoms with E-state index < -0.39 is 4.95 Å². The molecule has 0 bridgehead atoms. The van der Waals surface area contributed by atoms with Gasteiger partial charge in [-0.2, -0.15) is 0 Å². The molecule has 0 N–H and O–H groups in total. The number of thiophene rings is 2. The number of nitroso groups, excluding NO2 is 1. The van der Waals surface area contributed by atoms with Gasteiger partial charge in [-0.3, -0.25) is 0 Å². The molecule has 0 saturated carbocycles. The lowest BCUT2D eigenvalue weighted by atomic mass is 10.4. The van der Waals surface area contributed by atoms with Crippen molar-refractivity contribution in [3.8, 4) is 0 Å². The summed E-state index contributed by atoms with van der Waals surface area (Å²) < 4.78 is 3.51. The Labute approximate surface area is 99.2 Å². The van der Waals surface area contributed by atoms with Crippen molar-refractivity contribution < 1.29 is 0 Å². The summed E-state index contributed by atoms with van der Waals surface area (Å²) in [7, 11) is 0. The Kier molecular flexibility index (Phi) is 2.83. The fraction of sp³-hybridized carbons (Fsp3) is 0.143. The van der Waals surface area contributed by atoms with Crippen LogP contribution in [0.3, 0.4) is 0 Å². The predicted octanol–water partition coefficient (Wildman–Crippen LogP) is 4.89. The van der Waals surface area contributed by atoms with Crippen molar-refractivity contribution in [2.45, 2.75) is 4.95 Å². The third-order valence-electron chi connectivity index (χ3n) is 1.52. The normalized spacial score (nSPS) is 13.4. The first kappa shape index (κ1) is 9.76. The van der Waals surface area contributed by atoms with Crippen molar-refractivity contribution in [2.75, 3.05) is 0 Å². The molecule has 2 rings (SSSR count). The third kappa shape index (κ3) is 1.86. The largest absolute Gasteiger partial charge is 0.180 e. The quantitative estimate of drug-likeness (QED) is 0.435. The van der Waals surface area contributed by atoms with E-state index in [1.807, 2.05) is 6.07 Å². The molecule has 0 aliphatic heterocycles. The summed E-state index contributed by atoms with van der Waals surface area (Å²) >= 11 is 9.86. The molecule has 0 radical (unpaired) electrons. The molecular formula is C7H3Br2NOS2. The van der Waals surface area contributed by atoms with Gasteiger partial charge in [0.2, 0.25) is 0 Å². The molecule has 1 unspecified atom stereocenters. The van der Waals surface area contributed by atoms with Crippen LogP contribution in [0.1, 0.15) is 9.83 Å². The van der Waals surface area contributed by atoms with Gasteiger partial charge in [-0.15, -0.1) is 27.6 Å². The molecule has 0 spiro atoms. The molecule has 0 saturated heterocycles. The molecule has 2 aromatic rings. The minimum absolute atomic E-state index is 0.407. The van der Waals surface area contributed by atoms with Crippen LogP contribution in [0.2, 0.25) is 0 Å². The summed E-state index contributed by atoms with van der Waals surface area (Å²) in [4.78, 5) is 10.8. The summed E-state index contributed by atoms with van der Waals surface area (Å²) in [5, 5.41) is 2.93. The van der Waals surface area contributed by atoms with Gasteiger partial charge in [-0.25, -0.2) is 0 Å². The van der Waals surface area contributed by atoms with Crippen LogP contribution in [-0.4, -0.2) is 0 Å². The fourth-order valence-electron chi connectivity index (χ4n) is 0.994. The van der Waals surface area contributed by atoms with Crippen LogP contribution < -0.4 is 0 Å². The van der Waals surface area contributed by atoms with E-state index in [0.717, 1.165) is 8.66 Å². The number of alkyl halides is 1. The van der Waals surface area contributed by atoms with Crippen LogP contribution in [0.15, 0.2) is 21.1 Å². The van der Waals surface area contributed by atoms with Gasteiger partial charge in [0.05, 0.1) is 3.79 Å². The van der Waals surface area contributed by atoms with Crippen molar-refractivity contribution >= 4 is 63.9 Å². The number of rotatable bonds is 2. The maximum absolute atomic E-state index is 10.3. The standard InChI is InChI=1S/C7H3Br2NOS2/c8-6-2-4-3(13-6)1-5(12-4)7(9)10-11/h1-2,7H. The lowest BCUT2D eigenvalue weighted by Crippen LogP contribution is -1.74. The molecular weight excluding hydrogens is 338 g/mol. The van der Waals surface area contributed by atoms with Gasteiger partial charge in [-0.1, -0.05) is 15.9 Å². The smallest absolute Gasteiger partial charge is 0.149 e. The number of hydrogen-bond donors (Lipinski definition) is 0. The van der Waals surface area contributed by atoms with Gasteiger partial charge in [0.25, 0.3) is 0 Å². The Balaban J connectivity index is 2.50. The zero-order valence-corrected chi connectivity index (χ0v) is 11.0. The maximum atomic E-state index is 10.3. The lowest BCUT2D eigenvalue weighted by molar-refractivity contribution is 1.07. The van der Waals surface area contributed by atoms with E-state index in [1.165, 1.54) is 9.40 Å². The van der Waals surface area contributed by atoms with Crippen molar-refractivity contribution in [1.29, 1.82) is 0 Å². The SMILES string of the molecule is O=NC(Br)c1cc2sc(Br)cc2s1. The molecule has 68 valence electrons. The maximum Gasteiger partial charge on any atom is 0.180 e. The molecule has 13 heavy (non-hydrogen) atoms. The Bertz CT molecular complexity index is 419. The Morgan fingerprint density at radius 1 is 1.31 bits per heavy atom. The average molecular weight is 341 g/mol. The second kappa shape index (κ2) is 3.76. The Morgan fingerprint density at radius 3 is 2.62 bits per heavy atom. The van der Waals surface area contributed by atoms with E-state index in [1.54, 1.807) is 22.7 Å². The molecule has 1 atom stereocenters. The number of halogens is 2. The number of hydrogen-bond acceptors (Lipinski definition) is 4. The van der Waals surface area contributed by atoms with Gasteiger partial charge >= 0.3 is 0 Å². The van der Waals surface area contributed by atoms with Crippen molar-refractivity contribution in [3.05, 3.63) is 25.7 Å². The first-order chi connectivity index (χ1) is 6.20. The van der Waals surface area contributed by atoms with Gasteiger partial charge in [0.1, 0.15) is 0 Å². The van der Waals surface area contributed by atoms with E-state index in [2.05, 4.69) is 43.1 Å². The highest BCUT2D eigenvalue weighted by Crippen LogP contribution is 2.40. The van der Waals surface area contributed by atoms with Gasteiger partial charge in [0, 0.05) is 14.3 Å². The highest BCUT2D eigenvalue weighted by molar-refractivity contribution is 9.11. The van der Waals surface area contributed by atoms with E-state index in [-0.39, 0.29) is 0 Å². The van der Waals surface area contributed by atoms with Gasteiger partial charge in [-0.05, 0) is 33.2 Å². The summed E-state index contributed by atoms with van der Waals surface area (Å²) in [5.74, 6) is 0. The molecule has 0 aliphatic carbocycles. The molecule has 0 fully saturated rings. The van der Waals surface area contributed by atoms with Gasteiger partial charge < -0.3 is 0 Å². The van der Waals surface area contributed by atoms with E-state index >= 15 is 0 Å². The summed E-state index contributed by atoms with van der Waals surface area (Å²) in [6, 6.07) is 4.05. The first-order valence-corrected chi connectivity index (χ1v) is 6.70. The van der Waals surface area contributed by atoms with Crippen LogP contribution in [-0.2, 0) is 0 Å². The van der Waals surface area contributed by atoms with E-state index in [0.29, 0.717) is 0 Å². The molecule has 0 aromatic carbocycles. The predicted molar refractivity (Wildman–Crippen MR) is 64.9 cm³/mol. The van der Waals surface area contributed by atoms with Crippen molar-refractivity contribution in [3.63, 3.8) is 0 Å². The van der Waals surface area contributed by atoms with Gasteiger partial charge in [0.15, 0.2) is 4.95 Å². The van der Waals surface area contributed by atoms with Crippen LogP contribution >= 0.6 is 54.5 Å². The average Bonchev–Trinajstić information content (AvgIpc) is 2.59. The summed E-state index contributed by atoms with van der Waals surface area (Å²) in [5.41, 5.74) is 0. The fourth-order valence-corrected chi connectivity index (χ4v) is 4.35. The Hall–Kier alpha value is 0.220. The van der Waals surface area contributed by atoms with Crippen molar-refractivity contribution in [1.82, 2.24) is 0 Å². The summed E-state index contributed by atoms with van der Waals surface area (Å²) in [6.07, 6.45) is 0. The molecule has 0 amide bonds. The second-order valence-corrected chi connectivity index (χ2v) is 6.81. The summed E-state index contributed by atoms with van der Waals surface area (Å²) in [6.45, 7) is 0. The van der Waals surface area contributed by atoms with Crippen LogP contribution in [0.4, 0.5) is 0 Å². The van der Waals surface area contributed by atoms with Crippen molar-refractivity contribution in [2.24, 2.45) is 5.18 Å². The minimum Gasteiger partial charge on any atom is -0.149 e. The highest BCUT2D eigenvalue weighted by atomic mass is 79.9. The lowest BCUT2D eigenvalue weighted by Gasteiger charge is -1.91. The topological polar surface area (TPSA) is 29.4 Å².